The zero-order valence-corrected chi connectivity index (χ0v) is 15.9. The van der Waals surface area contributed by atoms with Crippen LogP contribution in [-0.4, -0.2) is 75.8 Å². The molecular weight excluding hydrogens is 348 g/mol. The van der Waals surface area contributed by atoms with Crippen LogP contribution in [0.25, 0.3) is 0 Å². The van der Waals surface area contributed by atoms with Gasteiger partial charge in [-0.1, -0.05) is 12.1 Å². The van der Waals surface area contributed by atoms with Gasteiger partial charge in [0.1, 0.15) is 5.75 Å². The molecule has 2 aliphatic heterocycles. The number of urea groups is 1. The van der Waals surface area contributed by atoms with Gasteiger partial charge in [-0.2, -0.15) is 0 Å². The molecule has 1 saturated heterocycles. The average molecular weight is 374 g/mol. The van der Waals surface area contributed by atoms with E-state index in [0.29, 0.717) is 23.6 Å². The molecule has 1 aromatic rings. The third kappa shape index (κ3) is 4.40. The molecule has 1 aromatic carbocycles. The Balaban J connectivity index is 1.92. The zero-order chi connectivity index (χ0) is 19.4. The minimum atomic E-state index is -0.570. The lowest BCUT2D eigenvalue weighted by molar-refractivity contribution is -0.136. The van der Waals surface area contributed by atoms with Crippen LogP contribution in [0.3, 0.4) is 0 Å². The van der Waals surface area contributed by atoms with Gasteiger partial charge in [0.25, 0.3) is 0 Å². The van der Waals surface area contributed by atoms with Gasteiger partial charge in [0.15, 0.2) is 0 Å². The molecule has 2 amide bonds. The van der Waals surface area contributed by atoms with Crippen molar-refractivity contribution >= 4 is 12.0 Å². The lowest BCUT2D eigenvalue weighted by Gasteiger charge is -2.35. The Morgan fingerprint density at radius 3 is 2.41 bits per heavy atom. The maximum Gasteiger partial charge on any atom is 0.338 e. The number of hydrogen-bond donors (Lipinski definition) is 2. The van der Waals surface area contributed by atoms with E-state index in [-0.39, 0.29) is 6.03 Å². The Hall–Kier alpha value is -2.58. The van der Waals surface area contributed by atoms with Crippen molar-refractivity contribution in [3.63, 3.8) is 0 Å². The third-order valence-corrected chi connectivity index (χ3v) is 4.99. The Labute approximate surface area is 159 Å². The Morgan fingerprint density at radius 1 is 1.15 bits per heavy atom. The number of nitrogens with zero attached hydrogens (tertiary/aromatic N) is 2. The first kappa shape index (κ1) is 19.2. The van der Waals surface area contributed by atoms with Gasteiger partial charge in [0.05, 0.1) is 25.8 Å². The van der Waals surface area contributed by atoms with Crippen LogP contribution < -0.4 is 15.4 Å². The smallest absolute Gasteiger partial charge is 0.338 e. The minimum absolute atomic E-state index is 0.326. The van der Waals surface area contributed by atoms with Crippen molar-refractivity contribution < 1.29 is 19.1 Å². The van der Waals surface area contributed by atoms with E-state index >= 15 is 0 Å². The number of hydrogen-bond acceptors (Lipinski definition) is 6. The number of carbonyl (C=O) groups excluding carboxylic acids is 2. The highest BCUT2D eigenvalue weighted by Gasteiger charge is 2.34. The first-order chi connectivity index (χ1) is 13.0. The first-order valence-electron chi connectivity index (χ1n) is 8.95. The van der Waals surface area contributed by atoms with Gasteiger partial charge in [-0.05, 0) is 24.7 Å². The van der Waals surface area contributed by atoms with E-state index in [2.05, 4.69) is 27.5 Å². The second-order valence-electron chi connectivity index (χ2n) is 6.77. The van der Waals surface area contributed by atoms with Crippen molar-refractivity contribution in [1.82, 2.24) is 20.4 Å². The van der Waals surface area contributed by atoms with E-state index in [1.54, 1.807) is 19.2 Å². The second-order valence-corrected chi connectivity index (χ2v) is 6.77. The predicted molar refractivity (Wildman–Crippen MR) is 100 cm³/mol. The predicted octanol–water partition coefficient (Wildman–Crippen LogP) is 0.724. The summed E-state index contributed by atoms with van der Waals surface area (Å²) < 4.78 is 10.2. The van der Waals surface area contributed by atoms with E-state index in [1.807, 2.05) is 12.1 Å². The van der Waals surface area contributed by atoms with Crippen LogP contribution in [0.4, 0.5) is 4.79 Å². The summed E-state index contributed by atoms with van der Waals surface area (Å²) in [5.41, 5.74) is 1.82. The van der Waals surface area contributed by atoms with Gasteiger partial charge >= 0.3 is 12.0 Å². The summed E-state index contributed by atoms with van der Waals surface area (Å²) in [6, 6.07) is 6.39. The Bertz CT molecular complexity index is 724. The summed E-state index contributed by atoms with van der Waals surface area (Å²) in [7, 11) is 5.03. The lowest BCUT2D eigenvalue weighted by Crippen LogP contribution is -2.51. The van der Waals surface area contributed by atoms with Crippen LogP contribution >= 0.6 is 0 Å². The molecule has 1 fully saturated rings. The number of benzene rings is 1. The molecule has 0 saturated carbocycles. The molecule has 8 nitrogen and oxygen atoms in total. The van der Waals surface area contributed by atoms with Crippen molar-refractivity contribution in [2.24, 2.45) is 0 Å². The van der Waals surface area contributed by atoms with E-state index < -0.39 is 12.0 Å². The topological polar surface area (TPSA) is 83.1 Å². The molecular formula is C19H26N4O4. The largest absolute Gasteiger partial charge is 0.497 e. The molecule has 0 aromatic heterocycles. The maximum atomic E-state index is 12.6. The molecule has 2 N–H and O–H groups in total. The summed E-state index contributed by atoms with van der Waals surface area (Å²) in [5, 5.41) is 5.64. The molecule has 1 atom stereocenters. The van der Waals surface area contributed by atoms with Crippen LogP contribution in [0.15, 0.2) is 35.5 Å². The minimum Gasteiger partial charge on any atom is -0.497 e. The molecule has 1 unspecified atom stereocenters. The molecule has 27 heavy (non-hydrogen) atoms. The van der Waals surface area contributed by atoms with Gasteiger partial charge in [0, 0.05) is 38.4 Å². The molecule has 3 rings (SSSR count). The fourth-order valence-electron chi connectivity index (χ4n) is 3.37. The highest BCUT2D eigenvalue weighted by molar-refractivity contribution is 5.95. The van der Waals surface area contributed by atoms with Crippen molar-refractivity contribution in [2.75, 3.05) is 54.0 Å². The standard InChI is InChI=1S/C19H26N4O4/c1-22-8-10-23(11-9-22)12-15-16(18(24)27-3)17(21-19(25)20-15)13-4-6-14(26-2)7-5-13/h4-7,17H,8-12H2,1-3H3,(H2,20,21,25). The van der Waals surface area contributed by atoms with Gasteiger partial charge in [-0.25, -0.2) is 9.59 Å². The summed E-state index contributed by atoms with van der Waals surface area (Å²) in [6.45, 7) is 4.16. The van der Waals surface area contributed by atoms with Crippen molar-refractivity contribution in [3.8, 4) is 5.75 Å². The Morgan fingerprint density at radius 2 is 1.81 bits per heavy atom. The number of nitrogens with one attached hydrogen (secondary N) is 2. The Kier molecular flexibility index (Phi) is 5.98. The fourth-order valence-corrected chi connectivity index (χ4v) is 3.37. The van der Waals surface area contributed by atoms with E-state index in [9.17, 15) is 9.59 Å². The normalized spacial score (nSPS) is 21.4. The van der Waals surface area contributed by atoms with E-state index in [4.69, 9.17) is 9.47 Å². The van der Waals surface area contributed by atoms with Crippen LogP contribution in [0.2, 0.25) is 0 Å². The fraction of sp³-hybridized carbons (Fsp3) is 0.474. The van der Waals surface area contributed by atoms with Gasteiger partial charge < -0.3 is 25.0 Å². The van der Waals surface area contributed by atoms with Gasteiger partial charge in [0.2, 0.25) is 0 Å². The van der Waals surface area contributed by atoms with Gasteiger partial charge in [-0.3, -0.25) is 4.90 Å². The lowest BCUT2D eigenvalue weighted by atomic mass is 9.95. The van der Waals surface area contributed by atoms with Crippen LogP contribution in [0.1, 0.15) is 11.6 Å². The quantitative estimate of drug-likeness (QED) is 0.739. The monoisotopic (exact) mass is 374 g/mol. The number of rotatable bonds is 5. The van der Waals surface area contributed by atoms with Crippen molar-refractivity contribution in [3.05, 3.63) is 41.1 Å². The molecule has 2 aliphatic rings. The van der Waals surface area contributed by atoms with E-state index in [1.165, 1.54) is 7.11 Å². The molecule has 0 radical (unpaired) electrons. The highest BCUT2D eigenvalue weighted by atomic mass is 16.5. The number of ether oxygens (including phenoxy) is 2. The number of carbonyl (C=O) groups is 2. The summed E-state index contributed by atoms with van der Waals surface area (Å²) >= 11 is 0. The van der Waals surface area contributed by atoms with E-state index in [0.717, 1.165) is 31.7 Å². The van der Waals surface area contributed by atoms with Crippen molar-refractivity contribution in [2.45, 2.75) is 6.04 Å². The number of esters is 1. The SMILES string of the molecule is COC(=O)C1=C(CN2CCN(C)CC2)NC(=O)NC1c1ccc(OC)cc1. The molecule has 0 bridgehead atoms. The zero-order valence-electron chi connectivity index (χ0n) is 15.9. The number of likely N-dealkylation sites (N-methyl/N-ethyl adjacent to an activating group) is 1. The second kappa shape index (κ2) is 8.41. The third-order valence-electron chi connectivity index (χ3n) is 4.99. The molecule has 0 spiro atoms. The highest BCUT2D eigenvalue weighted by Crippen LogP contribution is 2.29. The molecule has 146 valence electrons. The number of methoxy groups -OCH3 is 2. The van der Waals surface area contributed by atoms with Crippen LogP contribution in [0.5, 0.6) is 5.75 Å². The van der Waals surface area contributed by atoms with Crippen molar-refractivity contribution in [1.29, 1.82) is 0 Å². The maximum absolute atomic E-state index is 12.6. The van der Waals surface area contributed by atoms with Gasteiger partial charge in [-0.15, -0.1) is 0 Å². The summed E-state index contributed by atoms with van der Waals surface area (Å²) in [4.78, 5) is 29.3. The summed E-state index contributed by atoms with van der Waals surface area (Å²) in [5.74, 6) is 0.257. The summed E-state index contributed by atoms with van der Waals surface area (Å²) in [6.07, 6.45) is 0. The molecule has 8 heteroatoms. The number of piperazine rings is 1. The van der Waals surface area contributed by atoms with Crippen LogP contribution in [-0.2, 0) is 9.53 Å². The molecule has 2 heterocycles. The molecule has 0 aliphatic carbocycles. The average Bonchev–Trinajstić information content (AvgIpc) is 2.69. The van der Waals surface area contributed by atoms with Crippen LogP contribution in [0, 0.1) is 0 Å². The number of amides is 2. The first-order valence-corrected chi connectivity index (χ1v) is 8.95.